The van der Waals surface area contributed by atoms with Gasteiger partial charge in [0.2, 0.25) is 0 Å². The van der Waals surface area contributed by atoms with Gasteiger partial charge in [0.15, 0.2) is 0 Å². The zero-order valence-corrected chi connectivity index (χ0v) is 5.90. The molecule has 0 saturated heterocycles. The molecule has 3 nitrogen and oxygen atoms in total. The second-order valence-electron chi connectivity index (χ2n) is 1.46. The highest BCUT2D eigenvalue weighted by Gasteiger charge is 1.99. The Kier molecular flexibility index (Phi) is 3.28. The smallest absolute Gasteiger partial charge is 0.265 e. The van der Waals surface area contributed by atoms with Gasteiger partial charge in [-0.25, -0.2) is 0 Å². The third kappa shape index (κ3) is 7.47. The topological polar surface area (TPSA) is 54.4 Å². The van der Waals surface area contributed by atoms with Crippen LogP contribution >= 0.6 is 0 Å². The summed E-state index contributed by atoms with van der Waals surface area (Å²) in [7, 11) is -3.80. The molecule has 0 radical (unpaired) electrons. The van der Waals surface area contributed by atoms with Crippen molar-refractivity contribution in [3.63, 3.8) is 0 Å². The van der Waals surface area contributed by atoms with Crippen molar-refractivity contribution in [2.24, 2.45) is 0 Å². The van der Waals surface area contributed by atoms with Crippen LogP contribution in [0.1, 0.15) is 13.3 Å². The molecular weight excluding hydrogens is 140 g/mol. The molecular formula is C5H8O3S. The molecule has 0 fully saturated rings. The average Bonchev–Trinajstić information content (AvgIpc) is 1.63. The second-order valence-corrected chi connectivity index (χ2v) is 3.03. The van der Waals surface area contributed by atoms with E-state index < -0.39 is 10.1 Å². The summed E-state index contributed by atoms with van der Waals surface area (Å²) in [5.41, 5.74) is 0. The lowest BCUT2D eigenvalue weighted by Crippen LogP contribution is -2.01. The maximum absolute atomic E-state index is 9.99. The fourth-order valence-electron chi connectivity index (χ4n) is 0.305. The summed E-state index contributed by atoms with van der Waals surface area (Å²) in [6.45, 7) is 1.62. The van der Waals surface area contributed by atoms with Crippen LogP contribution < -0.4 is 0 Å². The van der Waals surface area contributed by atoms with Gasteiger partial charge in [0, 0.05) is 6.42 Å². The molecule has 0 heterocycles. The molecule has 0 saturated carbocycles. The van der Waals surface area contributed by atoms with Crippen molar-refractivity contribution in [1.29, 1.82) is 0 Å². The van der Waals surface area contributed by atoms with E-state index in [-0.39, 0.29) is 12.2 Å². The van der Waals surface area contributed by atoms with Gasteiger partial charge in [0.25, 0.3) is 10.1 Å². The van der Waals surface area contributed by atoms with E-state index in [1.54, 1.807) is 6.92 Å². The Morgan fingerprint density at radius 2 is 2.11 bits per heavy atom. The first-order chi connectivity index (χ1) is 4.06. The third-order valence-electron chi connectivity index (χ3n) is 0.662. The summed E-state index contributed by atoms with van der Waals surface area (Å²) in [5.74, 6) is 4.76. The van der Waals surface area contributed by atoms with Crippen LogP contribution in [0.2, 0.25) is 0 Å². The summed E-state index contributed by atoms with van der Waals surface area (Å²) >= 11 is 0. The largest absolute Gasteiger partial charge is 0.286 e. The minimum atomic E-state index is -3.80. The molecule has 0 aromatic heterocycles. The maximum atomic E-state index is 9.99. The first-order valence-corrected chi connectivity index (χ1v) is 4.02. The Morgan fingerprint density at radius 1 is 1.56 bits per heavy atom. The van der Waals surface area contributed by atoms with E-state index in [9.17, 15) is 8.42 Å². The fourth-order valence-corrected chi connectivity index (χ4v) is 0.665. The van der Waals surface area contributed by atoms with E-state index in [1.807, 2.05) is 0 Å². The van der Waals surface area contributed by atoms with Crippen molar-refractivity contribution in [1.82, 2.24) is 0 Å². The molecule has 0 aliphatic heterocycles. The molecule has 0 spiro atoms. The molecule has 0 aliphatic rings. The van der Waals surface area contributed by atoms with E-state index in [2.05, 4.69) is 11.8 Å². The van der Waals surface area contributed by atoms with Gasteiger partial charge in [-0.15, -0.1) is 11.8 Å². The molecule has 0 atom stereocenters. The number of hydrogen-bond acceptors (Lipinski definition) is 2. The van der Waals surface area contributed by atoms with Crippen molar-refractivity contribution in [3.05, 3.63) is 0 Å². The number of hydrogen-bond donors (Lipinski definition) is 1. The highest BCUT2D eigenvalue weighted by molar-refractivity contribution is 7.85. The van der Waals surface area contributed by atoms with Crippen molar-refractivity contribution in [2.45, 2.75) is 13.3 Å². The molecule has 0 aromatic rings. The Bertz CT molecular complexity index is 216. The molecule has 0 aromatic carbocycles. The molecule has 0 amide bonds. The Morgan fingerprint density at radius 3 is 2.44 bits per heavy atom. The molecule has 0 rings (SSSR count). The molecule has 9 heavy (non-hydrogen) atoms. The SMILES string of the molecule is CC#CCCS(=O)(=O)O. The highest BCUT2D eigenvalue weighted by Crippen LogP contribution is 1.84. The monoisotopic (exact) mass is 148 g/mol. The fraction of sp³-hybridized carbons (Fsp3) is 0.600. The predicted molar refractivity (Wildman–Crippen MR) is 34.5 cm³/mol. The van der Waals surface area contributed by atoms with E-state index >= 15 is 0 Å². The van der Waals surface area contributed by atoms with Crippen LogP contribution in [0.25, 0.3) is 0 Å². The molecule has 52 valence electrons. The van der Waals surface area contributed by atoms with Gasteiger partial charge in [-0.3, -0.25) is 4.55 Å². The van der Waals surface area contributed by atoms with Crippen LogP contribution in [-0.2, 0) is 10.1 Å². The zero-order valence-electron chi connectivity index (χ0n) is 5.09. The first kappa shape index (κ1) is 8.47. The highest BCUT2D eigenvalue weighted by atomic mass is 32.2. The Hall–Kier alpha value is -0.530. The predicted octanol–water partition coefficient (Wildman–Crippen LogP) is 0.288. The lowest BCUT2D eigenvalue weighted by molar-refractivity contribution is 0.483. The summed E-state index contributed by atoms with van der Waals surface area (Å²) in [5, 5.41) is 0. The molecule has 0 bridgehead atoms. The van der Waals surface area contributed by atoms with E-state index in [0.717, 1.165) is 0 Å². The molecule has 4 heteroatoms. The molecule has 0 unspecified atom stereocenters. The van der Waals surface area contributed by atoms with Gasteiger partial charge in [0.1, 0.15) is 0 Å². The van der Waals surface area contributed by atoms with Crippen molar-refractivity contribution >= 4 is 10.1 Å². The van der Waals surface area contributed by atoms with Crippen LogP contribution in [0.3, 0.4) is 0 Å². The molecule has 0 aliphatic carbocycles. The third-order valence-corrected chi connectivity index (χ3v) is 1.38. The van der Waals surface area contributed by atoms with E-state index in [0.29, 0.717) is 0 Å². The lowest BCUT2D eigenvalue weighted by Gasteiger charge is -1.86. The quantitative estimate of drug-likeness (QED) is 0.452. The Balaban J connectivity index is 3.62. The van der Waals surface area contributed by atoms with Crippen LogP contribution in [0.15, 0.2) is 0 Å². The van der Waals surface area contributed by atoms with Gasteiger partial charge in [-0.05, 0) is 6.92 Å². The minimum Gasteiger partial charge on any atom is -0.286 e. The van der Waals surface area contributed by atoms with Gasteiger partial charge < -0.3 is 0 Å². The zero-order chi connectivity index (χ0) is 7.33. The van der Waals surface area contributed by atoms with Gasteiger partial charge in [-0.2, -0.15) is 8.42 Å². The van der Waals surface area contributed by atoms with Crippen molar-refractivity contribution in [2.75, 3.05) is 5.75 Å². The van der Waals surface area contributed by atoms with Crippen LogP contribution in [0.5, 0.6) is 0 Å². The van der Waals surface area contributed by atoms with Gasteiger partial charge >= 0.3 is 0 Å². The minimum absolute atomic E-state index is 0.204. The molecule has 1 N–H and O–H groups in total. The maximum Gasteiger partial charge on any atom is 0.265 e. The standard InChI is InChI=1S/C5H8O3S/c1-2-3-4-5-9(6,7)8/h4-5H2,1H3,(H,6,7,8). The number of rotatable bonds is 2. The Labute approximate surface area is 54.8 Å². The van der Waals surface area contributed by atoms with E-state index in [4.69, 9.17) is 4.55 Å². The van der Waals surface area contributed by atoms with Crippen LogP contribution in [-0.4, -0.2) is 18.7 Å². The summed E-state index contributed by atoms with van der Waals surface area (Å²) < 4.78 is 28.1. The second kappa shape index (κ2) is 3.49. The van der Waals surface area contributed by atoms with Crippen LogP contribution in [0, 0.1) is 11.8 Å². The van der Waals surface area contributed by atoms with Gasteiger partial charge in [0.05, 0.1) is 5.75 Å². The van der Waals surface area contributed by atoms with E-state index in [1.165, 1.54) is 0 Å². The summed E-state index contributed by atoms with van der Waals surface area (Å²) in [4.78, 5) is 0. The average molecular weight is 148 g/mol. The summed E-state index contributed by atoms with van der Waals surface area (Å²) in [6, 6.07) is 0. The van der Waals surface area contributed by atoms with Gasteiger partial charge in [-0.1, -0.05) is 0 Å². The lowest BCUT2D eigenvalue weighted by atomic mass is 10.5. The van der Waals surface area contributed by atoms with Crippen LogP contribution in [0.4, 0.5) is 0 Å². The summed E-state index contributed by atoms with van der Waals surface area (Å²) in [6.07, 6.45) is 0.204. The normalized spacial score (nSPS) is 10.0. The van der Waals surface area contributed by atoms with Crippen molar-refractivity contribution < 1.29 is 13.0 Å². The first-order valence-electron chi connectivity index (χ1n) is 2.41. The van der Waals surface area contributed by atoms with Crippen molar-refractivity contribution in [3.8, 4) is 11.8 Å².